The van der Waals surface area contributed by atoms with E-state index in [0.717, 1.165) is 29.2 Å². The SMILES string of the molecule is O=S(=O)(c1ccc2ccccc2c1)N1CCOC2(CCc3ccccc32)C1. The summed E-state index contributed by atoms with van der Waals surface area (Å²) < 4.78 is 34.5. The van der Waals surface area contributed by atoms with Crippen LogP contribution in [0, 0.1) is 0 Å². The monoisotopic (exact) mass is 379 g/mol. The molecule has 0 N–H and O–H groups in total. The molecule has 1 fully saturated rings. The molecule has 4 nitrogen and oxygen atoms in total. The molecule has 1 aliphatic carbocycles. The lowest BCUT2D eigenvalue weighted by molar-refractivity contribution is -0.0933. The van der Waals surface area contributed by atoms with Crippen molar-refractivity contribution >= 4 is 20.8 Å². The average Bonchev–Trinajstić information content (AvgIpc) is 3.06. The van der Waals surface area contributed by atoms with Gasteiger partial charge in [-0.2, -0.15) is 4.31 Å². The number of hydrogen-bond donors (Lipinski definition) is 0. The summed E-state index contributed by atoms with van der Waals surface area (Å²) in [5.41, 5.74) is 1.89. The summed E-state index contributed by atoms with van der Waals surface area (Å²) in [4.78, 5) is 0.351. The Balaban J connectivity index is 1.52. The zero-order chi connectivity index (χ0) is 18.5. The van der Waals surface area contributed by atoms with Crippen molar-refractivity contribution in [2.45, 2.75) is 23.3 Å². The highest BCUT2D eigenvalue weighted by Crippen LogP contribution is 2.43. The number of rotatable bonds is 2. The summed E-state index contributed by atoms with van der Waals surface area (Å²) in [6.45, 7) is 1.18. The van der Waals surface area contributed by atoms with Crippen LogP contribution in [-0.2, 0) is 26.8 Å². The number of fused-ring (bicyclic) bond motifs is 3. The molecule has 138 valence electrons. The van der Waals surface area contributed by atoms with E-state index in [9.17, 15) is 8.42 Å². The van der Waals surface area contributed by atoms with Gasteiger partial charge < -0.3 is 4.74 Å². The predicted molar refractivity (Wildman–Crippen MR) is 105 cm³/mol. The molecule has 3 aromatic rings. The molecular weight excluding hydrogens is 358 g/mol. The summed E-state index contributed by atoms with van der Waals surface area (Å²) in [7, 11) is -3.57. The number of ether oxygens (including phenoxy) is 1. The molecule has 1 heterocycles. The number of morpholine rings is 1. The van der Waals surface area contributed by atoms with Crippen LogP contribution in [0.25, 0.3) is 10.8 Å². The molecule has 0 amide bonds. The van der Waals surface area contributed by atoms with E-state index in [1.165, 1.54) is 5.56 Å². The minimum Gasteiger partial charge on any atom is -0.368 e. The molecule has 1 spiro atoms. The van der Waals surface area contributed by atoms with Gasteiger partial charge in [0, 0.05) is 13.1 Å². The molecule has 1 aliphatic heterocycles. The second kappa shape index (κ2) is 6.16. The van der Waals surface area contributed by atoms with Crippen LogP contribution in [0.15, 0.2) is 71.6 Å². The van der Waals surface area contributed by atoms with Crippen LogP contribution >= 0.6 is 0 Å². The van der Waals surface area contributed by atoms with Gasteiger partial charge in [-0.3, -0.25) is 0 Å². The van der Waals surface area contributed by atoms with Crippen molar-refractivity contribution in [3.8, 4) is 0 Å². The Labute approximate surface area is 159 Å². The Morgan fingerprint density at radius 1 is 0.926 bits per heavy atom. The lowest BCUT2D eigenvalue weighted by atomic mass is 9.94. The highest BCUT2D eigenvalue weighted by molar-refractivity contribution is 7.89. The first-order valence-corrected chi connectivity index (χ1v) is 10.7. The van der Waals surface area contributed by atoms with Gasteiger partial charge in [0.2, 0.25) is 10.0 Å². The van der Waals surface area contributed by atoms with Crippen molar-refractivity contribution in [3.05, 3.63) is 77.9 Å². The molecule has 3 aromatic carbocycles. The fourth-order valence-corrected chi connectivity index (χ4v) is 5.91. The van der Waals surface area contributed by atoms with E-state index >= 15 is 0 Å². The Morgan fingerprint density at radius 3 is 2.59 bits per heavy atom. The predicted octanol–water partition coefficient (Wildman–Crippen LogP) is 3.70. The van der Waals surface area contributed by atoms with Crippen molar-refractivity contribution in [1.29, 1.82) is 0 Å². The number of hydrogen-bond acceptors (Lipinski definition) is 3. The maximum Gasteiger partial charge on any atom is 0.243 e. The fourth-order valence-electron chi connectivity index (χ4n) is 4.40. The smallest absolute Gasteiger partial charge is 0.243 e. The van der Waals surface area contributed by atoms with Gasteiger partial charge in [-0.15, -0.1) is 0 Å². The second-order valence-electron chi connectivity index (χ2n) is 7.35. The Morgan fingerprint density at radius 2 is 1.70 bits per heavy atom. The number of sulfonamides is 1. The Bertz CT molecular complexity index is 1120. The third-order valence-electron chi connectivity index (χ3n) is 5.82. The number of nitrogens with zero attached hydrogens (tertiary/aromatic N) is 1. The van der Waals surface area contributed by atoms with E-state index < -0.39 is 15.6 Å². The summed E-state index contributed by atoms with van der Waals surface area (Å²) in [5.74, 6) is 0. The van der Waals surface area contributed by atoms with Gasteiger partial charge in [0.1, 0.15) is 5.60 Å². The van der Waals surface area contributed by atoms with Gasteiger partial charge >= 0.3 is 0 Å². The van der Waals surface area contributed by atoms with E-state index in [-0.39, 0.29) is 0 Å². The van der Waals surface area contributed by atoms with Crippen LogP contribution in [0.3, 0.4) is 0 Å². The van der Waals surface area contributed by atoms with E-state index in [2.05, 4.69) is 12.1 Å². The molecule has 0 aromatic heterocycles. The van der Waals surface area contributed by atoms with Gasteiger partial charge in [0.15, 0.2) is 0 Å². The van der Waals surface area contributed by atoms with Crippen LogP contribution in [-0.4, -0.2) is 32.4 Å². The minimum atomic E-state index is -3.57. The van der Waals surface area contributed by atoms with Crippen LogP contribution in [0.5, 0.6) is 0 Å². The Hall–Kier alpha value is -2.21. The lowest BCUT2D eigenvalue weighted by Crippen LogP contribution is -2.50. The molecule has 0 radical (unpaired) electrons. The van der Waals surface area contributed by atoms with E-state index in [0.29, 0.717) is 24.6 Å². The van der Waals surface area contributed by atoms with Gasteiger partial charge in [-0.25, -0.2) is 8.42 Å². The third kappa shape index (κ3) is 2.69. The zero-order valence-corrected chi connectivity index (χ0v) is 15.8. The molecule has 0 bridgehead atoms. The zero-order valence-electron chi connectivity index (χ0n) is 15.0. The van der Waals surface area contributed by atoms with Crippen molar-refractivity contribution in [1.82, 2.24) is 4.31 Å². The van der Waals surface area contributed by atoms with Crippen molar-refractivity contribution in [3.63, 3.8) is 0 Å². The Kier molecular flexibility index (Phi) is 3.86. The maximum absolute atomic E-state index is 13.4. The van der Waals surface area contributed by atoms with Gasteiger partial charge in [-0.1, -0.05) is 54.6 Å². The largest absolute Gasteiger partial charge is 0.368 e. The van der Waals surface area contributed by atoms with Crippen LogP contribution < -0.4 is 0 Å². The number of benzene rings is 3. The summed E-state index contributed by atoms with van der Waals surface area (Å²) in [6.07, 6.45) is 1.76. The molecule has 5 rings (SSSR count). The van der Waals surface area contributed by atoms with Crippen LogP contribution in [0.2, 0.25) is 0 Å². The van der Waals surface area contributed by atoms with E-state index in [4.69, 9.17) is 4.74 Å². The quantitative estimate of drug-likeness (QED) is 0.682. The van der Waals surface area contributed by atoms with E-state index in [1.807, 2.05) is 42.5 Å². The highest BCUT2D eigenvalue weighted by atomic mass is 32.2. The molecule has 1 saturated heterocycles. The molecule has 0 saturated carbocycles. The molecule has 2 aliphatic rings. The topological polar surface area (TPSA) is 46.6 Å². The van der Waals surface area contributed by atoms with Crippen LogP contribution in [0.1, 0.15) is 17.5 Å². The maximum atomic E-state index is 13.4. The molecule has 1 atom stereocenters. The second-order valence-corrected chi connectivity index (χ2v) is 9.29. The molecule has 1 unspecified atom stereocenters. The summed E-state index contributed by atoms with van der Waals surface area (Å²) in [5, 5.41) is 1.98. The summed E-state index contributed by atoms with van der Waals surface area (Å²) >= 11 is 0. The first-order valence-electron chi connectivity index (χ1n) is 9.30. The molecule has 27 heavy (non-hydrogen) atoms. The van der Waals surface area contributed by atoms with Crippen LogP contribution in [0.4, 0.5) is 0 Å². The first kappa shape index (κ1) is 16.9. The van der Waals surface area contributed by atoms with Gasteiger partial charge in [-0.05, 0) is 46.9 Å². The normalized spacial score (nSPS) is 23.0. The fraction of sp³-hybridized carbons (Fsp3) is 0.273. The average molecular weight is 379 g/mol. The third-order valence-corrected chi connectivity index (χ3v) is 7.66. The van der Waals surface area contributed by atoms with Gasteiger partial charge in [0.25, 0.3) is 0 Å². The lowest BCUT2D eigenvalue weighted by Gasteiger charge is -2.40. The number of aryl methyl sites for hydroxylation is 1. The van der Waals surface area contributed by atoms with Crippen molar-refractivity contribution in [2.75, 3.05) is 19.7 Å². The first-order chi connectivity index (χ1) is 13.1. The van der Waals surface area contributed by atoms with Crippen molar-refractivity contribution < 1.29 is 13.2 Å². The highest BCUT2D eigenvalue weighted by Gasteiger charge is 2.46. The standard InChI is InChI=1S/C22H21NO3S/c24-27(25,20-10-9-17-5-1-2-7-19(17)15-20)23-13-14-26-22(16-23)12-11-18-6-3-4-8-21(18)22/h1-10,15H,11-14,16H2. The summed E-state index contributed by atoms with van der Waals surface area (Å²) in [6, 6.07) is 21.4. The van der Waals surface area contributed by atoms with Gasteiger partial charge in [0.05, 0.1) is 11.5 Å². The molecular formula is C22H21NO3S. The van der Waals surface area contributed by atoms with Crippen molar-refractivity contribution in [2.24, 2.45) is 0 Å². The molecule has 5 heteroatoms. The minimum absolute atomic E-state index is 0.351. The van der Waals surface area contributed by atoms with E-state index in [1.54, 1.807) is 16.4 Å².